The van der Waals surface area contributed by atoms with Crippen LogP contribution in [0.15, 0.2) is 24.3 Å². The zero-order valence-electron chi connectivity index (χ0n) is 10.4. The third-order valence-electron chi connectivity index (χ3n) is 3.40. The van der Waals surface area contributed by atoms with Crippen LogP contribution in [0.25, 0.3) is 10.2 Å². The third-order valence-corrected chi connectivity index (χ3v) is 4.49. The van der Waals surface area contributed by atoms with E-state index in [2.05, 4.69) is 16.4 Å². The number of aryl methyl sites for hydroxylation is 1. The molecule has 0 aliphatic carbocycles. The first-order valence-corrected chi connectivity index (χ1v) is 7.22. The van der Waals surface area contributed by atoms with E-state index >= 15 is 0 Å². The van der Waals surface area contributed by atoms with Crippen molar-refractivity contribution >= 4 is 33.4 Å². The first-order valence-electron chi connectivity index (χ1n) is 6.40. The number of amides is 2. The molecule has 0 bridgehead atoms. The molecule has 1 atom stereocenters. The maximum Gasteiger partial charge on any atom is 0.229 e. The van der Waals surface area contributed by atoms with Gasteiger partial charge in [0.15, 0.2) is 0 Å². The number of nitrogens with one attached hydrogen (secondary N) is 1. The molecule has 2 amide bonds. The molecule has 5 heteroatoms. The lowest BCUT2D eigenvalue weighted by atomic mass is 9.93. The summed E-state index contributed by atoms with van der Waals surface area (Å²) in [6.45, 7) is 0. The average Bonchev–Trinajstić information content (AvgIpc) is 2.80. The van der Waals surface area contributed by atoms with E-state index in [9.17, 15) is 9.59 Å². The van der Waals surface area contributed by atoms with Crippen molar-refractivity contribution in [3.63, 3.8) is 0 Å². The van der Waals surface area contributed by atoms with Gasteiger partial charge in [-0.05, 0) is 25.0 Å². The summed E-state index contributed by atoms with van der Waals surface area (Å²) in [4.78, 5) is 27.3. The lowest BCUT2D eigenvalue weighted by molar-refractivity contribution is -0.136. The number of benzene rings is 1. The number of hydrogen-bond acceptors (Lipinski definition) is 4. The molecule has 0 saturated carbocycles. The SMILES string of the molecule is O=C1CCC(CCc2nc3ccccc3s2)C(=O)N1. The number of carbonyl (C=O) groups is 2. The molecule has 19 heavy (non-hydrogen) atoms. The van der Waals surface area contributed by atoms with Crippen LogP contribution in [0.5, 0.6) is 0 Å². The summed E-state index contributed by atoms with van der Waals surface area (Å²) in [5.74, 6) is -0.330. The summed E-state index contributed by atoms with van der Waals surface area (Å²) in [7, 11) is 0. The fraction of sp³-hybridized carbons (Fsp3) is 0.357. The normalized spacial score (nSPS) is 19.7. The molecule has 1 aliphatic heterocycles. The summed E-state index contributed by atoms with van der Waals surface area (Å²) in [5, 5.41) is 3.46. The number of fused-ring (bicyclic) bond motifs is 1. The Morgan fingerprint density at radius 3 is 2.95 bits per heavy atom. The van der Waals surface area contributed by atoms with Crippen LogP contribution in [-0.2, 0) is 16.0 Å². The molecule has 1 aliphatic rings. The van der Waals surface area contributed by atoms with Gasteiger partial charge in [0, 0.05) is 18.8 Å². The zero-order valence-corrected chi connectivity index (χ0v) is 11.2. The molecule has 1 N–H and O–H groups in total. The van der Waals surface area contributed by atoms with E-state index in [1.54, 1.807) is 11.3 Å². The van der Waals surface area contributed by atoms with Gasteiger partial charge in [-0.1, -0.05) is 12.1 Å². The summed E-state index contributed by atoms with van der Waals surface area (Å²) in [5.41, 5.74) is 1.02. The smallest absolute Gasteiger partial charge is 0.229 e. The van der Waals surface area contributed by atoms with Gasteiger partial charge in [-0.2, -0.15) is 0 Å². The van der Waals surface area contributed by atoms with Crippen molar-refractivity contribution in [3.05, 3.63) is 29.3 Å². The molecule has 1 fully saturated rings. The molecule has 1 saturated heterocycles. The number of rotatable bonds is 3. The Morgan fingerprint density at radius 2 is 2.16 bits per heavy atom. The molecular formula is C14H14N2O2S. The lowest BCUT2D eigenvalue weighted by Crippen LogP contribution is -2.40. The third kappa shape index (κ3) is 2.66. The van der Waals surface area contributed by atoms with Crippen molar-refractivity contribution in [2.75, 3.05) is 0 Å². The maximum atomic E-state index is 11.6. The molecule has 0 radical (unpaired) electrons. The van der Waals surface area contributed by atoms with Crippen LogP contribution in [-0.4, -0.2) is 16.8 Å². The second kappa shape index (κ2) is 5.09. The van der Waals surface area contributed by atoms with Crippen LogP contribution in [0.1, 0.15) is 24.3 Å². The van der Waals surface area contributed by atoms with Gasteiger partial charge in [0.2, 0.25) is 11.8 Å². The summed E-state index contributed by atoms with van der Waals surface area (Å²) in [6.07, 6.45) is 2.68. The zero-order chi connectivity index (χ0) is 13.2. The minimum absolute atomic E-state index is 0.0512. The van der Waals surface area contributed by atoms with Gasteiger partial charge in [0.25, 0.3) is 0 Å². The Hall–Kier alpha value is -1.75. The Morgan fingerprint density at radius 1 is 1.32 bits per heavy atom. The second-order valence-electron chi connectivity index (χ2n) is 4.76. The second-order valence-corrected chi connectivity index (χ2v) is 5.88. The van der Waals surface area contributed by atoms with Crippen LogP contribution in [0, 0.1) is 5.92 Å². The fourth-order valence-corrected chi connectivity index (χ4v) is 3.32. The van der Waals surface area contributed by atoms with Crippen LogP contribution in [0.2, 0.25) is 0 Å². The molecule has 1 aromatic heterocycles. The number of piperidine rings is 1. The van der Waals surface area contributed by atoms with Crippen LogP contribution in [0.3, 0.4) is 0 Å². The lowest BCUT2D eigenvalue weighted by Gasteiger charge is -2.19. The molecular weight excluding hydrogens is 260 g/mol. The Kier molecular flexibility index (Phi) is 3.29. The highest BCUT2D eigenvalue weighted by molar-refractivity contribution is 7.18. The highest BCUT2D eigenvalue weighted by Gasteiger charge is 2.26. The summed E-state index contributed by atoms with van der Waals surface area (Å²) >= 11 is 1.68. The maximum absolute atomic E-state index is 11.6. The van der Waals surface area contributed by atoms with Gasteiger partial charge in [-0.25, -0.2) is 4.98 Å². The van der Waals surface area contributed by atoms with E-state index in [-0.39, 0.29) is 17.7 Å². The van der Waals surface area contributed by atoms with Gasteiger partial charge in [-0.15, -0.1) is 11.3 Å². The molecule has 3 rings (SSSR count). The number of carbonyl (C=O) groups excluding carboxylic acids is 2. The van der Waals surface area contributed by atoms with Gasteiger partial charge in [0.05, 0.1) is 15.2 Å². The van der Waals surface area contributed by atoms with E-state index < -0.39 is 0 Å². The standard InChI is InChI=1S/C14H14N2O2S/c17-12-7-5-9(14(18)16-12)6-8-13-15-10-3-1-2-4-11(10)19-13/h1-4,9H,5-8H2,(H,16,17,18). The van der Waals surface area contributed by atoms with Crippen molar-refractivity contribution in [1.29, 1.82) is 0 Å². The summed E-state index contributed by atoms with van der Waals surface area (Å²) in [6, 6.07) is 8.04. The predicted octanol–water partition coefficient (Wildman–Crippen LogP) is 2.28. The predicted molar refractivity (Wildman–Crippen MR) is 73.8 cm³/mol. The monoisotopic (exact) mass is 274 g/mol. The van der Waals surface area contributed by atoms with Gasteiger partial charge in [0.1, 0.15) is 0 Å². The molecule has 1 aromatic carbocycles. The first kappa shape index (κ1) is 12.3. The van der Waals surface area contributed by atoms with Gasteiger partial charge < -0.3 is 0 Å². The van der Waals surface area contributed by atoms with Crippen molar-refractivity contribution < 1.29 is 9.59 Å². The highest BCUT2D eigenvalue weighted by Crippen LogP contribution is 2.25. The largest absolute Gasteiger partial charge is 0.296 e. The summed E-state index contributed by atoms with van der Waals surface area (Å²) < 4.78 is 1.18. The highest BCUT2D eigenvalue weighted by atomic mass is 32.1. The minimum Gasteiger partial charge on any atom is -0.296 e. The topological polar surface area (TPSA) is 59.1 Å². The number of para-hydroxylation sites is 1. The fourth-order valence-electron chi connectivity index (χ4n) is 2.34. The Bertz CT molecular complexity index is 602. The number of hydrogen-bond donors (Lipinski definition) is 1. The Balaban J connectivity index is 1.65. The van der Waals surface area contributed by atoms with E-state index in [1.807, 2.05) is 18.2 Å². The number of nitrogens with zero attached hydrogens (tertiary/aromatic N) is 1. The quantitative estimate of drug-likeness (QED) is 0.874. The first-order chi connectivity index (χ1) is 9.22. The number of thiazole rings is 1. The molecule has 98 valence electrons. The Labute approximate surface area is 114 Å². The van der Waals surface area contributed by atoms with Crippen LogP contribution < -0.4 is 5.32 Å². The molecule has 4 nitrogen and oxygen atoms in total. The molecule has 2 heterocycles. The molecule has 2 aromatic rings. The molecule has 1 unspecified atom stereocenters. The molecule has 0 spiro atoms. The number of imide groups is 1. The minimum atomic E-state index is -0.152. The van der Waals surface area contributed by atoms with Crippen molar-refractivity contribution in [1.82, 2.24) is 10.3 Å². The van der Waals surface area contributed by atoms with E-state index in [1.165, 1.54) is 4.70 Å². The van der Waals surface area contributed by atoms with Crippen molar-refractivity contribution in [3.8, 4) is 0 Å². The van der Waals surface area contributed by atoms with E-state index in [4.69, 9.17) is 0 Å². The van der Waals surface area contributed by atoms with Crippen molar-refractivity contribution in [2.45, 2.75) is 25.7 Å². The van der Waals surface area contributed by atoms with Crippen LogP contribution in [0.4, 0.5) is 0 Å². The van der Waals surface area contributed by atoms with Crippen LogP contribution >= 0.6 is 11.3 Å². The number of aromatic nitrogens is 1. The van der Waals surface area contributed by atoms with Crippen molar-refractivity contribution in [2.24, 2.45) is 5.92 Å². The van der Waals surface area contributed by atoms with Gasteiger partial charge in [-0.3, -0.25) is 14.9 Å². The van der Waals surface area contributed by atoms with Gasteiger partial charge >= 0.3 is 0 Å². The van der Waals surface area contributed by atoms with E-state index in [0.717, 1.165) is 23.4 Å². The van der Waals surface area contributed by atoms with E-state index in [0.29, 0.717) is 12.8 Å². The average molecular weight is 274 g/mol.